The van der Waals surface area contributed by atoms with Gasteiger partial charge in [0.25, 0.3) is 0 Å². The van der Waals surface area contributed by atoms with Crippen LogP contribution in [0.15, 0.2) is 0 Å². The van der Waals surface area contributed by atoms with Gasteiger partial charge in [-0.25, -0.2) is 0 Å². The predicted octanol–water partition coefficient (Wildman–Crippen LogP) is -0.667. The van der Waals surface area contributed by atoms with Gasteiger partial charge in [-0.1, -0.05) is 0 Å². The maximum absolute atomic E-state index is 10.1. The van der Waals surface area contributed by atoms with Crippen molar-refractivity contribution in [1.29, 1.82) is 0 Å². The lowest BCUT2D eigenvalue weighted by Gasteiger charge is -2.02. The van der Waals surface area contributed by atoms with Gasteiger partial charge >= 0.3 is 17.9 Å². The maximum atomic E-state index is 10.1. The average Bonchev–Trinajstić information content (AvgIpc) is 2.50. The molecule has 0 aliphatic heterocycles. The minimum absolute atomic E-state index is 0.278. The van der Waals surface area contributed by atoms with Crippen LogP contribution in [-0.2, 0) is 14.4 Å². The first-order valence-corrected chi connectivity index (χ1v) is 9.29. The minimum atomic E-state index is -0.968. The fraction of sp³-hybridized carbons (Fsp3) is 0.750. The highest BCUT2D eigenvalue weighted by molar-refractivity contribution is 7.98. The summed E-state index contributed by atoms with van der Waals surface area (Å²) in [6, 6.07) is -1.37. The molecule has 0 amide bonds. The molecule has 9 N–H and O–H groups in total. The zero-order valence-electron chi connectivity index (χ0n) is 13.3. The Balaban J connectivity index is -0.000000273. The standard InChI is InChI=1S/2C5H11NO2S.C2H5NO2/c2*1-9-3-2-4(6)5(7)8;3-1-2(4)5/h2*4H,2-3,6H2,1H3,(H,7,8);1,3H2,(H,4,5)/t4-;;/m0../s1. The van der Waals surface area contributed by atoms with Crippen LogP contribution in [0.4, 0.5) is 0 Å². The van der Waals surface area contributed by atoms with Crippen molar-refractivity contribution in [3.63, 3.8) is 0 Å². The molecule has 0 heterocycles. The number of carbonyl (C=O) groups is 3. The number of rotatable bonds is 9. The molecule has 0 saturated heterocycles. The van der Waals surface area contributed by atoms with Crippen LogP contribution in [0.25, 0.3) is 0 Å². The molecule has 0 spiro atoms. The molecule has 23 heavy (non-hydrogen) atoms. The number of aliphatic carboxylic acids is 3. The summed E-state index contributed by atoms with van der Waals surface area (Å²) in [5.41, 5.74) is 15.0. The number of hydrogen-bond donors (Lipinski definition) is 6. The molecule has 1 unspecified atom stereocenters. The van der Waals surface area contributed by atoms with E-state index in [0.717, 1.165) is 11.5 Å². The summed E-state index contributed by atoms with van der Waals surface area (Å²) in [6.45, 7) is -0.278. The highest BCUT2D eigenvalue weighted by Crippen LogP contribution is 1.98. The van der Waals surface area contributed by atoms with Crippen molar-refractivity contribution in [3.8, 4) is 0 Å². The van der Waals surface area contributed by atoms with Gasteiger partial charge in [-0.05, 0) is 36.9 Å². The highest BCUT2D eigenvalue weighted by atomic mass is 32.2. The van der Waals surface area contributed by atoms with E-state index >= 15 is 0 Å². The largest absolute Gasteiger partial charge is 0.480 e. The van der Waals surface area contributed by atoms with Gasteiger partial charge in [0.2, 0.25) is 0 Å². The summed E-state index contributed by atoms with van der Waals surface area (Å²) < 4.78 is 0. The van der Waals surface area contributed by atoms with Crippen LogP contribution in [0.1, 0.15) is 12.8 Å². The third kappa shape index (κ3) is 26.2. The second-order valence-electron chi connectivity index (χ2n) is 4.05. The van der Waals surface area contributed by atoms with Crippen LogP contribution in [-0.4, -0.2) is 75.9 Å². The molecule has 0 rings (SSSR count). The molecule has 2 atom stereocenters. The lowest BCUT2D eigenvalue weighted by atomic mass is 10.2. The summed E-state index contributed by atoms with van der Waals surface area (Å²) in [5.74, 6) is -1.17. The Morgan fingerprint density at radius 1 is 0.870 bits per heavy atom. The molecule has 138 valence electrons. The van der Waals surface area contributed by atoms with Crippen molar-refractivity contribution in [3.05, 3.63) is 0 Å². The van der Waals surface area contributed by atoms with Gasteiger partial charge in [-0.3, -0.25) is 14.4 Å². The molecule has 0 aliphatic carbocycles. The highest BCUT2D eigenvalue weighted by Gasteiger charge is 2.09. The Labute approximate surface area is 144 Å². The number of thioether (sulfide) groups is 2. The van der Waals surface area contributed by atoms with E-state index in [1.807, 2.05) is 12.5 Å². The van der Waals surface area contributed by atoms with E-state index in [0.29, 0.717) is 12.8 Å². The number of nitrogens with two attached hydrogens (primary N) is 3. The Morgan fingerprint density at radius 2 is 1.13 bits per heavy atom. The Hall–Kier alpha value is -1.01. The molecule has 0 aromatic heterocycles. The monoisotopic (exact) mass is 373 g/mol. The van der Waals surface area contributed by atoms with Crippen molar-refractivity contribution < 1.29 is 29.7 Å². The van der Waals surface area contributed by atoms with Crippen LogP contribution >= 0.6 is 23.5 Å². The molecule has 0 aromatic rings. The van der Waals surface area contributed by atoms with E-state index < -0.39 is 30.0 Å². The molecular weight excluding hydrogens is 346 g/mol. The van der Waals surface area contributed by atoms with Crippen LogP contribution in [0, 0.1) is 0 Å². The fourth-order valence-corrected chi connectivity index (χ4v) is 1.72. The van der Waals surface area contributed by atoms with E-state index in [2.05, 4.69) is 5.73 Å². The molecule has 9 nitrogen and oxygen atoms in total. The first-order valence-electron chi connectivity index (χ1n) is 6.50. The van der Waals surface area contributed by atoms with Gasteiger partial charge in [0.15, 0.2) is 0 Å². The smallest absolute Gasteiger partial charge is 0.320 e. The second kappa shape index (κ2) is 19.0. The summed E-state index contributed by atoms with van der Waals surface area (Å²) >= 11 is 3.21. The Bertz CT molecular complexity index is 310. The van der Waals surface area contributed by atoms with Crippen molar-refractivity contribution in [1.82, 2.24) is 0 Å². The van der Waals surface area contributed by atoms with Gasteiger partial charge in [0.1, 0.15) is 12.1 Å². The van der Waals surface area contributed by atoms with Crippen LogP contribution < -0.4 is 17.2 Å². The van der Waals surface area contributed by atoms with Crippen molar-refractivity contribution in [2.75, 3.05) is 30.6 Å². The quantitative estimate of drug-likeness (QED) is 0.300. The maximum Gasteiger partial charge on any atom is 0.320 e. The van der Waals surface area contributed by atoms with E-state index in [1.165, 1.54) is 0 Å². The summed E-state index contributed by atoms with van der Waals surface area (Å²) in [7, 11) is 0. The van der Waals surface area contributed by atoms with Gasteiger partial charge in [-0.2, -0.15) is 23.5 Å². The molecule has 11 heteroatoms. The molecule has 0 aliphatic rings. The average molecular weight is 373 g/mol. The fourth-order valence-electron chi connectivity index (χ4n) is 0.737. The van der Waals surface area contributed by atoms with Crippen molar-refractivity contribution in [2.45, 2.75) is 24.9 Å². The molecule has 0 bridgehead atoms. The number of hydrogen-bond acceptors (Lipinski definition) is 8. The normalized spacial score (nSPS) is 11.9. The SMILES string of the molecule is CSCCC(N)C(=O)O.CSCC[C@H](N)C(=O)O.NCC(=O)O. The van der Waals surface area contributed by atoms with E-state index in [4.69, 9.17) is 26.8 Å². The molecule has 0 aromatic carbocycles. The zero-order valence-corrected chi connectivity index (χ0v) is 14.9. The van der Waals surface area contributed by atoms with E-state index in [-0.39, 0.29) is 6.54 Å². The number of carboxylic acid groups (broad SMARTS) is 3. The molecular formula is C12H27N3O6S2. The third-order valence-electron chi connectivity index (χ3n) is 2.07. The second-order valence-corrected chi connectivity index (χ2v) is 6.02. The van der Waals surface area contributed by atoms with Gasteiger partial charge in [0, 0.05) is 0 Å². The predicted molar refractivity (Wildman–Crippen MR) is 93.9 cm³/mol. The zero-order chi connectivity index (χ0) is 18.8. The molecule has 0 radical (unpaired) electrons. The first-order chi connectivity index (χ1) is 10.6. The van der Waals surface area contributed by atoms with E-state index in [1.54, 1.807) is 23.5 Å². The van der Waals surface area contributed by atoms with Crippen LogP contribution in [0.5, 0.6) is 0 Å². The van der Waals surface area contributed by atoms with Crippen LogP contribution in [0.2, 0.25) is 0 Å². The van der Waals surface area contributed by atoms with Gasteiger partial charge in [-0.15, -0.1) is 0 Å². The third-order valence-corrected chi connectivity index (χ3v) is 3.36. The topological polar surface area (TPSA) is 190 Å². The Kier molecular flexibility index (Phi) is 22.2. The van der Waals surface area contributed by atoms with Gasteiger partial charge in [0.05, 0.1) is 6.54 Å². The Morgan fingerprint density at radius 3 is 1.26 bits per heavy atom. The lowest BCUT2D eigenvalue weighted by molar-refractivity contribution is -0.139. The lowest BCUT2D eigenvalue weighted by Crippen LogP contribution is -2.30. The summed E-state index contributed by atoms with van der Waals surface area (Å²) in [6.07, 6.45) is 4.95. The molecule has 0 saturated carbocycles. The van der Waals surface area contributed by atoms with Crippen molar-refractivity contribution in [2.24, 2.45) is 17.2 Å². The van der Waals surface area contributed by atoms with Crippen molar-refractivity contribution >= 4 is 41.4 Å². The van der Waals surface area contributed by atoms with Crippen LogP contribution in [0.3, 0.4) is 0 Å². The number of carboxylic acids is 3. The van der Waals surface area contributed by atoms with Gasteiger partial charge < -0.3 is 32.5 Å². The first kappa shape index (κ1) is 26.9. The van der Waals surface area contributed by atoms with E-state index in [9.17, 15) is 14.4 Å². The molecule has 0 fully saturated rings. The summed E-state index contributed by atoms with van der Waals surface area (Å²) in [4.78, 5) is 29.4. The summed E-state index contributed by atoms with van der Waals surface area (Å²) in [5, 5.41) is 24.1. The minimum Gasteiger partial charge on any atom is -0.480 e.